The third-order valence-electron chi connectivity index (χ3n) is 2.72. The summed E-state index contributed by atoms with van der Waals surface area (Å²) in [5.74, 6) is 0.820. The summed E-state index contributed by atoms with van der Waals surface area (Å²) >= 11 is 0. The van der Waals surface area contributed by atoms with E-state index in [0.717, 1.165) is 11.5 Å². The van der Waals surface area contributed by atoms with Crippen molar-refractivity contribution in [1.82, 2.24) is 0 Å². The van der Waals surface area contributed by atoms with Crippen molar-refractivity contribution < 1.29 is 4.39 Å². The van der Waals surface area contributed by atoms with Gasteiger partial charge in [0.15, 0.2) is 0 Å². The first-order valence-electron chi connectivity index (χ1n) is 4.53. The molecular formula is C12H16F. The lowest BCUT2D eigenvalue weighted by Crippen LogP contribution is -2.01. The van der Waals surface area contributed by atoms with Crippen molar-refractivity contribution >= 4 is 0 Å². The van der Waals surface area contributed by atoms with Crippen molar-refractivity contribution in [2.24, 2.45) is 0 Å². The molecule has 13 heavy (non-hydrogen) atoms. The normalized spacial score (nSPS) is 10.9. The standard InChI is InChI=1S/C12H16F/c1-8-5-6-12(9(2)7-13)11(4)10(8)3/h5-6H,7H2,1-4H3. The van der Waals surface area contributed by atoms with Crippen LogP contribution >= 0.6 is 0 Å². The Hall–Kier alpha value is -0.850. The van der Waals surface area contributed by atoms with E-state index in [4.69, 9.17) is 0 Å². The number of halogens is 1. The summed E-state index contributed by atoms with van der Waals surface area (Å²) in [4.78, 5) is 0. The maximum absolute atomic E-state index is 12.4. The number of alkyl halides is 1. The van der Waals surface area contributed by atoms with Crippen molar-refractivity contribution in [2.75, 3.05) is 6.67 Å². The van der Waals surface area contributed by atoms with Gasteiger partial charge >= 0.3 is 0 Å². The van der Waals surface area contributed by atoms with Gasteiger partial charge in [-0.1, -0.05) is 19.1 Å². The van der Waals surface area contributed by atoms with Crippen LogP contribution in [0.3, 0.4) is 0 Å². The molecule has 0 nitrogen and oxygen atoms in total. The van der Waals surface area contributed by atoms with Crippen LogP contribution in [-0.4, -0.2) is 6.67 Å². The van der Waals surface area contributed by atoms with Crippen molar-refractivity contribution in [2.45, 2.75) is 27.7 Å². The van der Waals surface area contributed by atoms with E-state index in [1.165, 1.54) is 16.7 Å². The molecule has 1 aromatic rings. The molecule has 0 N–H and O–H groups in total. The first-order chi connectivity index (χ1) is 6.07. The molecule has 0 aliphatic heterocycles. The first kappa shape index (κ1) is 10.2. The van der Waals surface area contributed by atoms with Crippen LogP contribution < -0.4 is 0 Å². The summed E-state index contributed by atoms with van der Waals surface area (Å²) in [7, 11) is 0. The average Bonchev–Trinajstić information content (AvgIpc) is 2.13. The van der Waals surface area contributed by atoms with Crippen LogP contribution in [0.5, 0.6) is 0 Å². The predicted molar refractivity (Wildman–Crippen MR) is 54.6 cm³/mol. The minimum atomic E-state index is -0.358. The topological polar surface area (TPSA) is 0 Å². The molecule has 0 aliphatic carbocycles. The third kappa shape index (κ3) is 1.90. The van der Waals surface area contributed by atoms with Gasteiger partial charge in [0.2, 0.25) is 0 Å². The van der Waals surface area contributed by atoms with Gasteiger partial charge in [0, 0.05) is 5.92 Å². The van der Waals surface area contributed by atoms with E-state index in [2.05, 4.69) is 26.8 Å². The SMILES string of the molecule is C[C](CF)c1ccc(C)c(C)c1C. The lowest BCUT2D eigenvalue weighted by molar-refractivity contribution is 0.515. The van der Waals surface area contributed by atoms with Gasteiger partial charge in [-0.15, -0.1) is 0 Å². The third-order valence-corrected chi connectivity index (χ3v) is 2.72. The molecule has 0 bridgehead atoms. The molecule has 0 fully saturated rings. The monoisotopic (exact) mass is 179 g/mol. The Balaban J connectivity index is 3.18. The lowest BCUT2D eigenvalue weighted by atomic mass is 9.92. The highest BCUT2D eigenvalue weighted by Crippen LogP contribution is 2.23. The van der Waals surface area contributed by atoms with Crippen LogP contribution in [0.1, 0.15) is 29.2 Å². The highest BCUT2D eigenvalue weighted by Gasteiger charge is 2.10. The average molecular weight is 179 g/mol. The van der Waals surface area contributed by atoms with E-state index >= 15 is 0 Å². The van der Waals surface area contributed by atoms with E-state index in [1.54, 1.807) is 0 Å². The largest absolute Gasteiger partial charge is 0.250 e. The Morgan fingerprint density at radius 1 is 1.15 bits per heavy atom. The summed E-state index contributed by atoms with van der Waals surface area (Å²) in [6.07, 6.45) is 0. The maximum atomic E-state index is 12.4. The quantitative estimate of drug-likeness (QED) is 0.651. The fourth-order valence-electron chi connectivity index (χ4n) is 1.49. The fourth-order valence-corrected chi connectivity index (χ4v) is 1.49. The van der Waals surface area contributed by atoms with Crippen molar-refractivity contribution in [3.63, 3.8) is 0 Å². The Morgan fingerprint density at radius 3 is 2.31 bits per heavy atom. The lowest BCUT2D eigenvalue weighted by Gasteiger charge is -2.14. The van der Waals surface area contributed by atoms with Gasteiger partial charge in [-0.3, -0.25) is 4.39 Å². The molecule has 71 valence electrons. The molecule has 0 saturated heterocycles. The second-order valence-electron chi connectivity index (χ2n) is 3.59. The summed E-state index contributed by atoms with van der Waals surface area (Å²) < 4.78 is 12.4. The van der Waals surface area contributed by atoms with Crippen molar-refractivity contribution in [1.29, 1.82) is 0 Å². The van der Waals surface area contributed by atoms with Crippen LogP contribution in [0.25, 0.3) is 0 Å². The van der Waals surface area contributed by atoms with Gasteiger partial charge < -0.3 is 0 Å². The zero-order valence-electron chi connectivity index (χ0n) is 8.74. The molecule has 0 aliphatic rings. The Labute approximate surface area is 79.8 Å². The molecule has 1 aromatic carbocycles. The van der Waals surface area contributed by atoms with Gasteiger partial charge in [-0.2, -0.15) is 0 Å². The molecule has 0 heterocycles. The summed E-state index contributed by atoms with van der Waals surface area (Å²) in [5.41, 5.74) is 4.80. The number of aryl methyl sites for hydroxylation is 1. The molecule has 0 aromatic heterocycles. The van der Waals surface area contributed by atoms with Crippen molar-refractivity contribution in [3.8, 4) is 0 Å². The molecule has 1 rings (SSSR count). The smallest absolute Gasteiger partial charge is 0.0997 e. The van der Waals surface area contributed by atoms with E-state index in [1.807, 2.05) is 13.0 Å². The first-order valence-corrected chi connectivity index (χ1v) is 4.53. The van der Waals surface area contributed by atoms with E-state index in [-0.39, 0.29) is 6.67 Å². The molecular weight excluding hydrogens is 163 g/mol. The molecule has 0 unspecified atom stereocenters. The molecule has 0 spiro atoms. The second kappa shape index (κ2) is 3.91. The van der Waals surface area contributed by atoms with Crippen LogP contribution in [0.4, 0.5) is 4.39 Å². The minimum Gasteiger partial charge on any atom is -0.250 e. The highest BCUT2D eigenvalue weighted by atomic mass is 19.1. The van der Waals surface area contributed by atoms with Gasteiger partial charge in [0.25, 0.3) is 0 Å². The molecule has 1 radical (unpaired) electrons. The van der Waals surface area contributed by atoms with Crippen LogP contribution in [0, 0.1) is 26.7 Å². The van der Waals surface area contributed by atoms with E-state index in [0.29, 0.717) is 0 Å². The predicted octanol–water partition coefficient (Wildman–Crippen LogP) is 3.52. The Bertz CT molecular complexity index is 302. The van der Waals surface area contributed by atoms with E-state index in [9.17, 15) is 4.39 Å². The van der Waals surface area contributed by atoms with Crippen LogP contribution in [0.15, 0.2) is 12.1 Å². The summed E-state index contributed by atoms with van der Waals surface area (Å²) in [6, 6.07) is 4.06. The van der Waals surface area contributed by atoms with Gasteiger partial charge in [-0.05, 0) is 43.0 Å². The zero-order valence-corrected chi connectivity index (χ0v) is 8.74. The van der Waals surface area contributed by atoms with Gasteiger partial charge in [-0.25, -0.2) is 0 Å². The van der Waals surface area contributed by atoms with Gasteiger partial charge in [0.05, 0.1) is 6.67 Å². The van der Waals surface area contributed by atoms with Crippen molar-refractivity contribution in [3.05, 3.63) is 40.3 Å². The van der Waals surface area contributed by atoms with Crippen LogP contribution in [0.2, 0.25) is 0 Å². The number of hydrogen-bond acceptors (Lipinski definition) is 0. The zero-order chi connectivity index (χ0) is 10.0. The Kier molecular flexibility index (Phi) is 3.07. The summed E-state index contributed by atoms with van der Waals surface area (Å²) in [5, 5.41) is 0. The molecule has 0 amide bonds. The fraction of sp³-hybridized carbons (Fsp3) is 0.417. The minimum absolute atomic E-state index is 0.358. The molecule has 1 heteroatoms. The maximum Gasteiger partial charge on any atom is 0.0997 e. The molecule has 0 atom stereocenters. The number of rotatable bonds is 2. The Morgan fingerprint density at radius 2 is 1.77 bits per heavy atom. The second-order valence-corrected chi connectivity index (χ2v) is 3.59. The molecule has 0 saturated carbocycles. The highest BCUT2D eigenvalue weighted by molar-refractivity contribution is 5.45. The van der Waals surface area contributed by atoms with Gasteiger partial charge in [0.1, 0.15) is 0 Å². The number of benzene rings is 1. The van der Waals surface area contributed by atoms with Crippen LogP contribution in [-0.2, 0) is 0 Å². The number of hydrogen-bond donors (Lipinski definition) is 0. The summed E-state index contributed by atoms with van der Waals surface area (Å²) in [6.45, 7) is 7.70. The van der Waals surface area contributed by atoms with E-state index < -0.39 is 0 Å².